The maximum absolute atomic E-state index is 13.0. The molecule has 174 valence electrons. The van der Waals surface area contributed by atoms with Gasteiger partial charge in [0.25, 0.3) is 11.8 Å². The molecule has 4 heterocycles. The number of carbonyl (C=O) groups excluding carboxylic acids is 2. The minimum absolute atomic E-state index is 0.00543. The molecule has 4 saturated heterocycles. The van der Waals surface area contributed by atoms with Gasteiger partial charge in [-0.15, -0.1) is 0 Å². The predicted octanol–water partition coefficient (Wildman–Crippen LogP) is 1.95. The Hall–Kier alpha value is -1.96. The van der Waals surface area contributed by atoms with E-state index in [4.69, 9.17) is 0 Å². The molecule has 4 aliphatic heterocycles. The summed E-state index contributed by atoms with van der Waals surface area (Å²) in [6, 6.07) is 7.30. The number of benzene rings is 1. The zero-order valence-corrected chi connectivity index (χ0v) is 19.1. The van der Waals surface area contributed by atoms with Crippen molar-refractivity contribution in [2.24, 2.45) is 0 Å². The predicted molar refractivity (Wildman–Crippen MR) is 125 cm³/mol. The lowest BCUT2D eigenvalue weighted by molar-refractivity contribution is 0.0566. The van der Waals surface area contributed by atoms with E-state index in [0.29, 0.717) is 11.1 Å². The normalized spacial score (nSPS) is 25.1. The zero-order chi connectivity index (χ0) is 22.0. The lowest BCUT2D eigenvalue weighted by Crippen LogP contribution is -2.65. The van der Waals surface area contributed by atoms with Gasteiger partial charge in [-0.3, -0.25) is 20.2 Å². The number of rotatable bonds is 2. The first-order valence-electron chi connectivity index (χ1n) is 12.5. The molecule has 1 aromatic rings. The van der Waals surface area contributed by atoms with Gasteiger partial charge in [-0.2, -0.15) is 0 Å². The summed E-state index contributed by atoms with van der Waals surface area (Å²) < 4.78 is 0. The number of carbonyl (C=O) groups is 2. The number of likely N-dealkylation sites (tertiary alicyclic amines) is 2. The van der Waals surface area contributed by atoms with E-state index in [9.17, 15) is 9.59 Å². The van der Waals surface area contributed by atoms with Crippen LogP contribution in [0.1, 0.15) is 72.1 Å². The van der Waals surface area contributed by atoms with Gasteiger partial charge in [0.1, 0.15) is 0 Å². The highest BCUT2D eigenvalue weighted by Gasteiger charge is 2.38. The van der Waals surface area contributed by atoms with Gasteiger partial charge in [0.15, 0.2) is 0 Å². The molecule has 0 unspecified atom stereocenters. The Morgan fingerprint density at radius 1 is 0.625 bits per heavy atom. The molecule has 0 saturated carbocycles. The molecule has 7 heteroatoms. The summed E-state index contributed by atoms with van der Waals surface area (Å²) in [6.45, 7) is 6.32. The van der Waals surface area contributed by atoms with Crippen LogP contribution in [0.3, 0.4) is 0 Å². The quantitative estimate of drug-likeness (QED) is 0.657. The molecule has 1 aromatic carbocycles. The topological polar surface area (TPSA) is 76.7 Å². The molecule has 2 amide bonds. The summed E-state index contributed by atoms with van der Waals surface area (Å²) >= 11 is 0. The summed E-state index contributed by atoms with van der Waals surface area (Å²) in [4.78, 5) is 30.0. The van der Waals surface area contributed by atoms with Crippen molar-refractivity contribution in [2.75, 3.05) is 45.8 Å². The standard InChI is InChI=1S/C25H37N5O2/c31-22(29-16-9-24(10-17-29)8-1-2-13-26-24)20-4-6-21(7-5-20)23(32)30-18-11-25(12-19-30)27-14-3-15-28-25/h4-7,26-28H,1-3,8-19H2. The van der Waals surface area contributed by atoms with Crippen LogP contribution in [0.4, 0.5) is 0 Å². The SMILES string of the molecule is O=C(c1ccc(C(=O)N2CCC3(CC2)NCCCN3)cc1)N1CCC2(CCCCN2)CC1. The van der Waals surface area contributed by atoms with Crippen LogP contribution in [0.2, 0.25) is 0 Å². The van der Waals surface area contributed by atoms with Crippen molar-refractivity contribution < 1.29 is 9.59 Å². The lowest BCUT2D eigenvalue weighted by atomic mass is 9.80. The third-order valence-electron chi connectivity index (χ3n) is 8.15. The zero-order valence-electron chi connectivity index (χ0n) is 19.1. The molecule has 0 radical (unpaired) electrons. The number of piperidine rings is 3. The van der Waals surface area contributed by atoms with Crippen molar-refractivity contribution >= 4 is 11.8 Å². The number of amides is 2. The smallest absolute Gasteiger partial charge is 0.253 e. The molecule has 32 heavy (non-hydrogen) atoms. The van der Waals surface area contributed by atoms with E-state index in [0.717, 1.165) is 77.9 Å². The Kier molecular flexibility index (Phi) is 6.23. The van der Waals surface area contributed by atoms with Crippen molar-refractivity contribution in [3.63, 3.8) is 0 Å². The molecule has 0 atom stereocenters. The van der Waals surface area contributed by atoms with Crippen LogP contribution in [-0.4, -0.2) is 78.6 Å². The molecule has 4 fully saturated rings. The summed E-state index contributed by atoms with van der Waals surface area (Å²) in [6.07, 6.45) is 8.88. The summed E-state index contributed by atoms with van der Waals surface area (Å²) in [7, 11) is 0. The van der Waals surface area contributed by atoms with Gasteiger partial charge in [-0.05, 0) is 88.8 Å². The number of hydrogen-bond acceptors (Lipinski definition) is 5. The first-order valence-corrected chi connectivity index (χ1v) is 12.5. The third-order valence-corrected chi connectivity index (χ3v) is 8.15. The van der Waals surface area contributed by atoms with Crippen LogP contribution >= 0.6 is 0 Å². The van der Waals surface area contributed by atoms with Crippen LogP contribution in [0.5, 0.6) is 0 Å². The molecular formula is C25H37N5O2. The molecule has 3 N–H and O–H groups in total. The average molecular weight is 440 g/mol. The van der Waals surface area contributed by atoms with Gasteiger partial charge >= 0.3 is 0 Å². The Labute approximate surface area is 191 Å². The van der Waals surface area contributed by atoms with Crippen LogP contribution in [0, 0.1) is 0 Å². The summed E-state index contributed by atoms with van der Waals surface area (Å²) in [5.74, 6) is 0.155. The maximum atomic E-state index is 13.0. The molecule has 5 rings (SSSR count). The number of hydrogen-bond donors (Lipinski definition) is 3. The molecule has 4 aliphatic rings. The first kappa shape index (κ1) is 21.9. The van der Waals surface area contributed by atoms with Crippen molar-refractivity contribution in [1.82, 2.24) is 25.8 Å². The van der Waals surface area contributed by atoms with E-state index < -0.39 is 0 Å². The van der Waals surface area contributed by atoms with Crippen LogP contribution < -0.4 is 16.0 Å². The second kappa shape index (κ2) is 9.12. The Morgan fingerprint density at radius 3 is 1.62 bits per heavy atom. The number of nitrogens with one attached hydrogen (secondary N) is 3. The highest BCUT2D eigenvalue weighted by atomic mass is 16.2. The fraction of sp³-hybridized carbons (Fsp3) is 0.680. The van der Waals surface area contributed by atoms with E-state index in [1.165, 1.54) is 19.3 Å². The van der Waals surface area contributed by atoms with Crippen LogP contribution in [0.15, 0.2) is 24.3 Å². The molecule has 0 bridgehead atoms. The van der Waals surface area contributed by atoms with Crippen molar-refractivity contribution in [2.45, 2.75) is 62.6 Å². The van der Waals surface area contributed by atoms with Gasteiger partial charge in [0.2, 0.25) is 0 Å². The van der Waals surface area contributed by atoms with E-state index in [-0.39, 0.29) is 23.0 Å². The largest absolute Gasteiger partial charge is 0.339 e. The Morgan fingerprint density at radius 2 is 1.12 bits per heavy atom. The summed E-state index contributed by atoms with van der Waals surface area (Å²) in [5.41, 5.74) is 1.61. The second-order valence-electron chi connectivity index (χ2n) is 10.1. The fourth-order valence-electron chi connectivity index (χ4n) is 5.97. The third kappa shape index (κ3) is 4.43. The highest BCUT2D eigenvalue weighted by molar-refractivity contribution is 5.98. The molecular weight excluding hydrogens is 402 g/mol. The Balaban J connectivity index is 1.15. The van der Waals surface area contributed by atoms with E-state index in [1.807, 2.05) is 34.1 Å². The maximum Gasteiger partial charge on any atom is 0.253 e. The molecule has 0 aromatic heterocycles. The molecule has 0 aliphatic carbocycles. The van der Waals surface area contributed by atoms with Gasteiger partial charge < -0.3 is 15.1 Å². The van der Waals surface area contributed by atoms with Crippen molar-refractivity contribution in [1.29, 1.82) is 0 Å². The lowest BCUT2D eigenvalue weighted by Gasteiger charge is -2.45. The van der Waals surface area contributed by atoms with E-state index >= 15 is 0 Å². The molecule has 7 nitrogen and oxygen atoms in total. The van der Waals surface area contributed by atoms with Crippen molar-refractivity contribution in [3.05, 3.63) is 35.4 Å². The van der Waals surface area contributed by atoms with E-state index in [2.05, 4.69) is 16.0 Å². The van der Waals surface area contributed by atoms with E-state index in [1.54, 1.807) is 0 Å². The first-order chi connectivity index (χ1) is 15.6. The van der Waals surface area contributed by atoms with Crippen LogP contribution in [-0.2, 0) is 0 Å². The van der Waals surface area contributed by atoms with Gasteiger partial charge in [0, 0.05) is 42.8 Å². The van der Waals surface area contributed by atoms with Gasteiger partial charge in [-0.25, -0.2) is 0 Å². The summed E-state index contributed by atoms with van der Waals surface area (Å²) in [5, 5.41) is 10.9. The fourth-order valence-corrected chi connectivity index (χ4v) is 5.97. The minimum Gasteiger partial charge on any atom is -0.339 e. The van der Waals surface area contributed by atoms with Crippen molar-refractivity contribution in [3.8, 4) is 0 Å². The molecule has 2 spiro atoms. The van der Waals surface area contributed by atoms with Crippen LogP contribution in [0.25, 0.3) is 0 Å². The average Bonchev–Trinajstić information content (AvgIpc) is 2.85. The minimum atomic E-state index is 0.00543. The van der Waals surface area contributed by atoms with Gasteiger partial charge in [0.05, 0.1) is 5.66 Å². The Bertz CT molecular complexity index is 738. The number of nitrogens with zero attached hydrogens (tertiary/aromatic N) is 2. The second-order valence-corrected chi connectivity index (χ2v) is 10.1. The monoisotopic (exact) mass is 439 g/mol. The van der Waals surface area contributed by atoms with Gasteiger partial charge in [-0.1, -0.05) is 6.42 Å². The highest BCUT2D eigenvalue weighted by Crippen LogP contribution is 2.31.